The van der Waals surface area contributed by atoms with Crippen LogP contribution in [0, 0.1) is 17.1 Å². The van der Waals surface area contributed by atoms with Crippen molar-refractivity contribution in [2.45, 2.75) is 25.5 Å². The number of nitrogens with zero attached hydrogens (tertiary/aromatic N) is 6. The second-order valence-corrected chi connectivity index (χ2v) is 8.78. The summed E-state index contributed by atoms with van der Waals surface area (Å²) in [6, 6.07) is 13.3. The number of nitrogens with two attached hydrogens (primary N) is 1. The van der Waals surface area contributed by atoms with Gasteiger partial charge in [-0.3, -0.25) is 4.79 Å². The van der Waals surface area contributed by atoms with Crippen LogP contribution in [0.2, 0.25) is 0 Å². The molecule has 4 aromatic rings. The fraction of sp³-hybridized carbons (Fsp3) is 0.222. The monoisotopic (exact) mass is 497 g/mol. The summed E-state index contributed by atoms with van der Waals surface area (Å²) < 4.78 is 21.1. The van der Waals surface area contributed by atoms with Crippen LogP contribution in [-0.4, -0.2) is 43.6 Å². The lowest BCUT2D eigenvalue weighted by atomic mass is 10.1. The fourth-order valence-electron chi connectivity index (χ4n) is 4.61. The van der Waals surface area contributed by atoms with Crippen molar-refractivity contribution >= 4 is 22.8 Å². The minimum atomic E-state index is -0.353. The third-order valence-corrected chi connectivity index (χ3v) is 6.40. The van der Waals surface area contributed by atoms with Crippen LogP contribution >= 0.6 is 0 Å². The van der Waals surface area contributed by atoms with Gasteiger partial charge in [-0.05, 0) is 54.8 Å². The van der Waals surface area contributed by atoms with Gasteiger partial charge in [0.1, 0.15) is 42.1 Å². The molecular formula is C27H24FN7O2. The highest BCUT2D eigenvalue weighted by molar-refractivity contribution is 5.98. The molecule has 1 fully saturated rings. The van der Waals surface area contributed by atoms with E-state index in [4.69, 9.17) is 15.6 Å². The van der Waals surface area contributed by atoms with E-state index in [0.717, 1.165) is 12.8 Å². The number of halogens is 1. The van der Waals surface area contributed by atoms with Crippen LogP contribution in [0.25, 0.3) is 22.3 Å². The van der Waals surface area contributed by atoms with Crippen molar-refractivity contribution in [3.8, 4) is 23.1 Å². The standard InChI is InChI=1S/C27H24FN7O2/c1-2-23(36)34-10-4-7-21(14-34)35-27-24(26(30)31-16-32-27)25(33-35)18-8-9-22(19(12-18)13-29)37-15-17-5-3-6-20(28)11-17/h2-3,5-6,8-9,11-12,16,21H,1,4,7,10,14-15H2,(H2,30,31,32). The Bertz CT molecular complexity index is 1540. The predicted molar refractivity (Wildman–Crippen MR) is 136 cm³/mol. The average Bonchev–Trinajstić information content (AvgIpc) is 3.32. The van der Waals surface area contributed by atoms with Crippen LogP contribution in [0.1, 0.15) is 30.0 Å². The average molecular weight is 498 g/mol. The molecule has 1 aliphatic heterocycles. The molecule has 0 bridgehead atoms. The summed E-state index contributed by atoms with van der Waals surface area (Å²) in [5, 5.41) is 15.2. The Labute approximate surface area is 212 Å². The molecule has 0 aliphatic carbocycles. The molecule has 0 spiro atoms. The Morgan fingerprint density at radius 3 is 2.95 bits per heavy atom. The number of ether oxygens (including phenoxy) is 1. The number of carbonyl (C=O) groups excluding carboxylic acids is 1. The van der Waals surface area contributed by atoms with Gasteiger partial charge in [0.25, 0.3) is 0 Å². The molecule has 1 atom stereocenters. The number of carbonyl (C=O) groups is 1. The third-order valence-electron chi connectivity index (χ3n) is 6.40. The fourth-order valence-corrected chi connectivity index (χ4v) is 4.61. The molecule has 2 aromatic carbocycles. The number of nitrogen functional groups attached to an aromatic ring is 1. The summed E-state index contributed by atoms with van der Waals surface area (Å²) in [5.41, 5.74) is 8.95. The molecule has 1 saturated heterocycles. The number of piperidine rings is 1. The number of anilines is 1. The van der Waals surface area contributed by atoms with Gasteiger partial charge >= 0.3 is 0 Å². The molecule has 1 aliphatic rings. The first kappa shape index (κ1) is 23.9. The van der Waals surface area contributed by atoms with E-state index < -0.39 is 0 Å². The Balaban J connectivity index is 1.50. The van der Waals surface area contributed by atoms with Gasteiger partial charge in [0.2, 0.25) is 5.91 Å². The molecule has 2 N–H and O–H groups in total. The molecule has 0 saturated carbocycles. The topological polar surface area (TPSA) is 123 Å². The highest BCUT2D eigenvalue weighted by Gasteiger charge is 2.28. The van der Waals surface area contributed by atoms with E-state index in [-0.39, 0.29) is 30.2 Å². The number of aromatic nitrogens is 4. The maximum Gasteiger partial charge on any atom is 0.246 e. The van der Waals surface area contributed by atoms with Gasteiger partial charge in [-0.1, -0.05) is 18.7 Å². The molecule has 10 heteroatoms. The van der Waals surface area contributed by atoms with Crippen LogP contribution < -0.4 is 10.5 Å². The molecule has 9 nitrogen and oxygen atoms in total. The first-order valence-electron chi connectivity index (χ1n) is 11.8. The Kier molecular flexibility index (Phi) is 6.51. The van der Waals surface area contributed by atoms with Gasteiger partial charge in [-0.15, -0.1) is 0 Å². The summed E-state index contributed by atoms with van der Waals surface area (Å²) in [6.07, 6.45) is 4.34. The molecule has 2 aromatic heterocycles. The van der Waals surface area contributed by atoms with E-state index in [1.165, 1.54) is 24.5 Å². The van der Waals surface area contributed by atoms with Crippen molar-refractivity contribution in [3.63, 3.8) is 0 Å². The van der Waals surface area contributed by atoms with Crippen molar-refractivity contribution < 1.29 is 13.9 Å². The van der Waals surface area contributed by atoms with Crippen molar-refractivity contribution in [1.29, 1.82) is 5.26 Å². The lowest BCUT2D eigenvalue weighted by Crippen LogP contribution is -2.40. The summed E-state index contributed by atoms with van der Waals surface area (Å²) in [7, 11) is 0. The zero-order chi connectivity index (χ0) is 25.9. The number of hydrogen-bond acceptors (Lipinski definition) is 7. The summed E-state index contributed by atoms with van der Waals surface area (Å²) in [6.45, 7) is 4.84. The number of benzene rings is 2. The smallest absolute Gasteiger partial charge is 0.246 e. The first-order valence-corrected chi connectivity index (χ1v) is 11.8. The van der Waals surface area contributed by atoms with E-state index in [9.17, 15) is 14.4 Å². The van der Waals surface area contributed by atoms with E-state index in [1.807, 2.05) is 0 Å². The number of hydrogen-bond donors (Lipinski definition) is 1. The lowest BCUT2D eigenvalue weighted by molar-refractivity contribution is -0.127. The van der Waals surface area contributed by atoms with E-state index in [1.54, 1.807) is 39.9 Å². The number of likely N-dealkylation sites (tertiary alicyclic amines) is 1. The number of amides is 1. The predicted octanol–water partition coefficient (Wildman–Crippen LogP) is 4.01. The van der Waals surface area contributed by atoms with Crippen LogP contribution in [0.15, 0.2) is 61.4 Å². The van der Waals surface area contributed by atoms with E-state index in [0.29, 0.717) is 52.3 Å². The number of nitriles is 1. The Hall–Kier alpha value is -4.78. The normalized spacial score (nSPS) is 15.4. The highest BCUT2D eigenvalue weighted by atomic mass is 19.1. The summed E-state index contributed by atoms with van der Waals surface area (Å²) in [5.74, 6) is 0.164. The molecule has 37 heavy (non-hydrogen) atoms. The van der Waals surface area contributed by atoms with E-state index in [2.05, 4.69) is 22.6 Å². The minimum Gasteiger partial charge on any atom is -0.488 e. The molecule has 0 radical (unpaired) electrons. The van der Waals surface area contributed by atoms with Gasteiger partial charge in [0.05, 0.1) is 17.0 Å². The van der Waals surface area contributed by atoms with Crippen molar-refractivity contribution in [2.75, 3.05) is 18.8 Å². The highest BCUT2D eigenvalue weighted by Crippen LogP contribution is 2.35. The maximum absolute atomic E-state index is 13.5. The Morgan fingerprint density at radius 2 is 2.16 bits per heavy atom. The van der Waals surface area contributed by atoms with Gasteiger partial charge in [0.15, 0.2) is 5.65 Å². The molecular weight excluding hydrogens is 473 g/mol. The maximum atomic E-state index is 13.5. The van der Waals surface area contributed by atoms with Gasteiger partial charge in [-0.25, -0.2) is 19.0 Å². The largest absolute Gasteiger partial charge is 0.488 e. The Morgan fingerprint density at radius 1 is 1.30 bits per heavy atom. The third kappa shape index (κ3) is 4.71. The second kappa shape index (κ2) is 10.1. The zero-order valence-corrected chi connectivity index (χ0v) is 20.0. The minimum absolute atomic E-state index is 0.104. The van der Waals surface area contributed by atoms with Gasteiger partial charge in [-0.2, -0.15) is 10.4 Å². The van der Waals surface area contributed by atoms with Gasteiger partial charge < -0.3 is 15.4 Å². The van der Waals surface area contributed by atoms with Crippen molar-refractivity contribution in [2.24, 2.45) is 0 Å². The lowest BCUT2D eigenvalue weighted by Gasteiger charge is -2.32. The second-order valence-electron chi connectivity index (χ2n) is 8.78. The molecule has 1 amide bonds. The van der Waals surface area contributed by atoms with E-state index >= 15 is 0 Å². The molecule has 186 valence electrons. The number of fused-ring (bicyclic) bond motifs is 1. The van der Waals surface area contributed by atoms with Crippen LogP contribution in [0.5, 0.6) is 5.75 Å². The van der Waals surface area contributed by atoms with Crippen molar-refractivity contribution in [1.82, 2.24) is 24.6 Å². The molecule has 1 unspecified atom stereocenters. The summed E-state index contributed by atoms with van der Waals surface area (Å²) >= 11 is 0. The SMILES string of the molecule is C=CC(=O)N1CCCC(n2nc(-c3ccc(OCc4cccc(F)c4)c(C#N)c3)c3c(N)ncnc32)C1. The molecule has 3 heterocycles. The van der Waals surface area contributed by atoms with Gasteiger partial charge in [0, 0.05) is 18.7 Å². The summed E-state index contributed by atoms with van der Waals surface area (Å²) in [4.78, 5) is 22.6. The van der Waals surface area contributed by atoms with Crippen LogP contribution in [-0.2, 0) is 11.4 Å². The number of rotatable bonds is 6. The molecule has 5 rings (SSSR count). The van der Waals surface area contributed by atoms with Crippen LogP contribution in [0.4, 0.5) is 10.2 Å². The zero-order valence-electron chi connectivity index (χ0n) is 20.0. The van der Waals surface area contributed by atoms with Crippen molar-refractivity contribution in [3.05, 3.63) is 78.4 Å². The first-order chi connectivity index (χ1) is 18.0. The van der Waals surface area contributed by atoms with Crippen LogP contribution in [0.3, 0.4) is 0 Å². The quantitative estimate of drug-likeness (QED) is 0.399.